The number of aromatic nitrogens is 1. The van der Waals surface area contributed by atoms with Crippen LogP contribution in [0.25, 0.3) is 0 Å². The Labute approximate surface area is 82.2 Å². The van der Waals surface area contributed by atoms with E-state index in [0.717, 1.165) is 5.69 Å². The van der Waals surface area contributed by atoms with Crippen molar-refractivity contribution in [3.8, 4) is 0 Å². The van der Waals surface area contributed by atoms with Gasteiger partial charge in [-0.25, -0.2) is 0 Å². The Bertz CT molecular complexity index is 241. The minimum Gasteiger partial charge on any atom is -0.261 e. The van der Waals surface area contributed by atoms with E-state index in [2.05, 4.69) is 31.8 Å². The largest absolute Gasteiger partial charge is 0.261 e. The van der Waals surface area contributed by atoms with E-state index in [4.69, 9.17) is 0 Å². The highest BCUT2D eigenvalue weighted by atomic mass is 14.7. The van der Waals surface area contributed by atoms with Crippen LogP contribution in [0.15, 0.2) is 12.3 Å². The van der Waals surface area contributed by atoms with Crippen molar-refractivity contribution >= 4 is 0 Å². The second kappa shape index (κ2) is 6.64. The van der Waals surface area contributed by atoms with E-state index in [9.17, 15) is 0 Å². The standard InChI is InChI=1S/C10H15N.C2H6/c1-4-5-10-6-7-11-9(3)8(10)2;1-2/h6-7H,4-5H2,1-3H3;1-2H3. The van der Waals surface area contributed by atoms with E-state index in [0.29, 0.717) is 0 Å². The van der Waals surface area contributed by atoms with Crippen LogP contribution in [0, 0.1) is 13.8 Å². The maximum Gasteiger partial charge on any atom is 0.0404 e. The predicted molar refractivity (Wildman–Crippen MR) is 59.1 cm³/mol. The Balaban J connectivity index is 0.000000671. The summed E-state index contributed by atoms with van der Waals surface area (Å²) in [5, 5.41) is 0. The van der Waals surface area contributed by atoms with Gasteiger partial charge in [0.05, 0.1) is 0 Å². The molecule has 0 bridgehead atoms. The average Bonchev–Trinajstić information content (AvgIpc) is 2.17. The molecular formula is C12H21N. The normalized spacial score (nSPS) is 9.00. The molecule has 1 aromatic heterocycles. The van der Waals surface area contributed by atoms with Crippen LogP contribution in [0.5, 0.6) is 0 Å². The molecule has 1 heteroatoms. The van der Waals surface area contributed by atoms with Crippen LogP contribution in [0.4, 0.5) is 0 Å². The first-order valence-corrected chi connectivity index (χ1v) is 5.16. The summed E-state index contributed by atoms with van der Waals surface area (Å²) < 4.78 is 0. The molecule has 0 N–H and O–H groups in total. The highest BCUT2D eigenvalue weighted by molar-refractivity contribution is 5.27. The fourth-order valence-corrected chi connectivity index (χ4v) is 1.23. The van der Waals surface area contributed by atoms with Crippen molar-refractivity contribution < 1.29 is 0 Å². The predicted octanol–water partition coefficient (Wildman–Crippen LogP) is 3.68. The summed E-state index contributed by atoms with van der Waals surface area (Å²) in [4.78, 5) is 4.22. The lowest BCUT2D eigenvalue weighted by Crippen LogP contribution is -1.93. The summed E-state index contributed by atoms with van der Waals surface area (Å²) in [5.74, 6) is 0. The molecule has 0 aromatic carbocycles. The second-order valence-corrected chi connectivity index (χ2v) is 2.93. The Morgan fingerprint density at radius 2 is 1.85 bits per heavy atom. The van der Waals surface area contributed by atoms with Gasteiger partial charge >= 0.3 is 0 Å². The summed E-state index contributed by atoms with van der Waals surface area (Å²) in [6, 6.07) is 2.12. The number of aryl methyl sites for hydroxylation is 2. The Morgan fingerprint density at radius 1 is 1.23 bits per heavy atom. The van der Waals surface area contributed by atoms with Gasteiger partial charge in [0.2, 0.25) is 0 Å². The van der Waals surface area contributed by atoms with Gasteiger partial charge in [0.25, 0.3) is 0 Å². The summed E-state index contributed by atoms with van der Waals surface area (Å²) in [6.45, 7) is 10.4. The van der Waals surface area contributed by atoms with Crippen LogP contribution in [0.2, 0.25) is 0 Å². The van der Waals surface area contributed by atoms with Crippen molar-refractivity contribution in [2.75, 3.05) is 0 Å². The number of hydrogen-bond acceptors (Lipinski definition) is 1. The van der Waals surface area contributed by atoms with Crippen LogP contribution in [-0.4, -0.2) is 4.98 Å². The van der Waals surface area contributed by atoms with Crippen molar-refractivity contribution in [3.63, 3.8) is 0 Å². The molecule has 1 rings (SSSR count). The topological polar surface area (TPSA) is 12.9 Å². The van der Waals surface area contributed by atoms with Crippen molar-refractivity contribution in [1.82, 2.24) is 4.98 Å². The Morgan fingerprint density at radius 3 is 2.38 bits per heavy atom. The van der Waals surface area contributed by atoms with Gasteiger partial charge in [0, 0.05) is 11.9 Å². The molecule has 0 aliphatic rings. The molecule has 0 atom stereocenters. The summed E-state index contributed by atoms with van der Waals surface area (Å²) in [5.41, 5.74) is 3.96. The highest BCUT2D eigenvalue weighted by Crippen LogP contribution is 2.11. The number of nitrogens with zero attached hydrogens (tertiary/aromatic N) is 1. The van der Waals surface area contributed by atoms with E-state index in [1.807, 2.05) is 20.0 Å². The Hall–Kier alpha value is -0.850. The molecule has 0 unspecified atom stereocenters. The van der Waals surface area contributed by atoms with E-state index < -0.39 is 0 Å². The zero-order valence-electron chi connectivity index (χ0n) is 9.52. The van der Waals surface area contributed by atoms with Crippen LogP contribution < -0.4 is 0 Å². The maximum atomic E-state index is 4.22. The minimum absolute atomic E-state index is 1.16. The van der Waals surface area contributed by atoms with Gasteiger partial charge in [0.1, 0.15) is 0 Å². The molecular weight excluding hydrogens is 158 g/mol. The molecule has 0 aliphatic heterocycles. The van der Waals surface area contributed by atoms with E-state index in [-0.39, 0.29) is 0 Å². The van der Waals surface area contributed by atoms with E-state index in [1.165, 1.54) is 24.0 Å². The summed E-state index contributed by atoms with van der Waals surface area (Å²) >= 11 is 0. The van der Waals surface area contributed by atoms with Crippen molar-refractivity contribution in [3.05, 3.63) is 29.1 Å². The van der Waals surface area contributed by atoms with Gasteiger partial charge in [-0.3, -0.25) is 4.98 Å². The third kappa shape index (κ3) is 3.58. The summed E-state index contributed by atoms with van der Waals surface area (Å²) in [7, 11) is 0. The third-order valence-electron chi connectivity index (χ3n) is 2.09. The van der Waals surface area contributed by atoms with Crippen molar-refractivity contribution in [1.29, 1.82) is 0 Å². The molecule has 0 radical (unpaired) electrons. The smallest absolute Gasteiger partial charge is 0.0404 e. The first-order valence-electron chi connectivity index (χ1n) is 5.16. The van der Waals surface area contributed by atoms with Crippen LogP contribution in [0.3, 0.4) is 0 Å². The molecule has 13 heavy (non-hydrogen) atoms. The maximum absolute atomic E-state index is 4.22. The zero-order chi connectivity index (χ0) is 10.3. The molecule has 74 valence electrons. The first kappa shape index (κ1) is 12.2. The monoisotopic (exact) mass is 179 g/mol. The average molecular weight is 179 g/mol. The number of rotatable bonds is 2. The van der Waals surface area contributed by atoms with Gasteiger partial charge in [0.15, 0.2) is 0 Å². The number of hydrogen-bond donors (Lipinski definition) is 0. The van der Waals surface area contributed by atoms with Gasteiger partial charge in [-0.15, -0.1) is 0 Å². The molecule has 0 fully saturated rings. The lowest BCUT2D eigenvalue weighted by Gasteiger charge is -2.05. The van der Waals surface area contributed by atoms with Gasteiger partial charge in [-0.05, 0) is 37.5 Å². The van der Waals surface area contributed by atoms with E-state index in [1.54, 1.807) is 0 Å². The fraction of sp³-hybridized carbons (Fsp3) is 0.583. The zero-order valence-corrected chi connectivity index (χ0v) is 9.52. The molecule has 0 aliphatic carbocycles. The Kier molecular flexibility index (Phi) is 6.21. The molecule has 0 spiro atoms. The molecule has 0 saturated heterocycles. The van der Waals surface area contributed by atoms with Gasteiger partial charge in [-0.2, -0.15) is 0 Å². The quantitative estimate of drug-likeness (QED) is 0.675. The van der Waals surface area contributed by atoms with Gasteiger partial charge in [-0.1, -0.05) is 27.2 Å². The second-order valence-electron chi connectivity index (χ2n) is 2.93. The lowest BCUT2D eigenvalue weighted by atomic mass is 10.0. The lowest BCUT2D eigenvalue weighted by molar-refractivity contribution is 0.901. The summed E-state index contributed by atoms with van der Waals surface area (Å²) in [6.07, 6.45) is 4.28. The molecule has 1 nitrogen and oxygen atoms in total. The first-order chi connectivity index (χ1) is 6.25. The molecule has 0 saturated carbocycles. The van der Waals surface area contributed by atoms with Crippen molar-refractivity contribution in [2.45, 2.75) is 47.5 Å². The minimum atomic E-state index is 1.16. The van der Waals surface area contributed by atoms with Gasteiger partial charge < -0.3 is 0 Å². The van der Waals surface area contributed by atoms with Crippen molar-refractivity contribution in [2.24, 2.45) is 0 Å². The van der Waals surface area contributed by atoms with Crippen LogP contribution >= 0.6 is 0 Å². The molecule has 1 heterocycles. The van der Waals surface area contributed by atoms with E-state index >= 15 is 0 Å². The SMILES string of the molecule is CC.CCCc1ccnc(C)c1C. The van der Waals surface area contributed by atoms with Crippen LogP contribution in [-0.2, 0) is 6.42 Å². The molecule has 0 amide bonds. The molecule has 1 aromatic rings. The third-order valence-corrected chi connectivity index (χ3v) is 2.09. The highest BCUT2D eigenvalue weighted by Gasteiger charge is 1.98. The van der Waals surface area contributed by atoms with Crippen LogP contribution in [0.1, 0.15) is 44.0 Å². The fourth-order valence-electron chi connectivity index (χ4n) is 1.23. The number of pyridine rings is 1.